The summed E-state index contributed by atoms with van der Waals surface area (Å²) in [6.07, 6.45) is 1.25. The van der Waals surface area contributed by atoms with E-state index >= 15 is 0 Å². The fourth-order valence-electron chi connectivity index (χ4n) is 0.746. The molecule has 0 heterocycles. The minimum atomic E-state index is 0.00490. The highest BCUT2D eigenvalue weighted by Gasteiger charge is 2.08. The van der Waals surface area contributed by atoms with E-state index in [-0.39, 0.29) is 5.60 Å². The molecular weight excluding hydrogens is 265 g/mol. The first-order chi connectivity index (χ1) is 5.56. The second-order valence-electron chi connectivity index (χ2n) is 3.75. The molecule has 0 radical (unpaired) electrons. The maximum atomic E-state index is 5.55. The maximum absolute atomic E-state index is 5.55. The van der Waals surface area contributed by atoms with E-state index in [1.165, 1.54) is 10.8 Å². The summed E-state index contributed by atoms with van der Waals surface area (Å²) in [4.78, 5) is 0. The molecule has 0 amide bonds. The van der Waals surface area contributed by atoms with Crippen molar-refractivity contribution in [1.82, 2.24) is 5.32 Å². The first kappa shape index (κ1) is 12.7. The van der Waals surface area contributed by atoms with Gasteiger partial charge >= 0.3 is 0 Å². The van der Waals surface area contributed by atoms with Crippen LogP contribution in [0.4, 0.5) is 0 Å². The molecule has 0 rings (SSSR count). The molecule has 0 saturated heterocycles. The molecule has 0 aliphatic rings. The molecule has 0 aromatic heterocycles. The van der Waals surface area contributed by atoms with Crippen LogP contribution >= 0.6 is 22.6 Å². The number of rotatable bonds is 6. The Bertz CT molecular complexity index is 101. The van der Waals surface area contributed by atoms with Gasteiger partial charge in [0.25, 0.3) is 0 Å². The highest BCUT2D eigenvalue weighted by Crippen LogP contribution is 2.04. The lowest BCUT2D eigenvalue weighted by molar-refractivity contribution is -0.000716. The van der Waals surface area contributed by atoms with Gasteiger partial charge in [0.2, 0.25) is 0 Å². The molecule has 0 aromatic rings. The number of hydrogen-bond acceptors (Lipinski definition) is 2. The van der Waals surface area contributed by atoms with Gasteiger partial charge in [0, 0.05) is 11.0 Å². The third kappa shape index (κ3) is 10.7. The van der Waals surface area contributed by atoms with E-state index < -0.39 is 0 Å². The molecule has 0 bridgehead atoms. The Labute approximate surface area is 89.6 Å². The molecular formula is C9H20INO. The third-order valence-electron chi connectivity index (χ3n) is 1.30. The maximum Gasteiger partial charge on any atom is 0.0599 e. The molecule has 0 unspecified atom stereocenters. The predicted molar refractivity (Wildman–Crippen MR) is 62.1 cm³/mol. The van der Waals surface area contributed by atoms with Gasteiger partial charge in [-0.3, -0.25) is 0 Å². The fourth-order valence-corrected chi connectivity index (χ4v) is 1.13. The van der Waals surface area contributed by atoms with Gasteiger partial charge in [-0.25, -0.2) is 0 Å². The van der Waals surface area contributed by atoms with Crippen LogP contribution in [-0.2, 0) is 4.74 Å². The molecule has 0 atom stereocenters. The van der Waals surface area contributed by atoms with Gasteiger partial charge in [0.15, 0.2) is 0 Å². The van der Waals surface area contributed by atoms with Crippen molar-refractivity contribution in [3.63, 3.8) is 0 Å². The second-order valence-corrected chi connectivity index (χ2v) is 4.83. The second kappa shape index (κ2) is 7.09. The van der Waals surface area contributed by atoms with Crippen molar-refractivity contribution in [2.75, 3.05) is 24.1 Å². The van der Waals surface area contributed by atoms with E-state index in [1.807, 2.05) is 0 Å². The van der Waals surface area contributed by atoms with Gasteiger partial charge in [-0.05, 0) is 33.7 Å². The quantitative estimate of drug-likeness (QED) is 0.459. The molecule has 0 spiro atoms. The van der Waals surface area contributed by atoms with Crippen LogP contribution in [0.3, 0.4) is 0 Å². The zero-order chi connectivity index (χ0) is 9.45. The zero-order valence-corrected chi connectivity index (χ0v) is 10.5. The van der Waals surface area contributed by atoms with E-state index in [1.54, 1.807) is 0 Å². The molecule has 0 saturated carbocycles. The average Bonchev–Trinajstić information content (AvgIpc) is 1.94. The van der Waals surface area contributed by atoms with Crippen LogP contribution < -0.4 is 5.32 Å². The van der Waals surface area contributed by atoms with E-state index in [2.05, 4.69) is 48.7 Å². The normalized spacial score (nSPS) is 12.0. The largest absolute Gasteiger partial charge is 0.375 e. The van der Waals surface area contributed by atoms with Crippen molar-refractivity contribution >= 4 is 22.6 Å². The lowest BCUT2D eigenvalue weighted by Crippen LogP contribution is -2.27. The summed E-state index contributed by atoms with van der Waals surface area (Å²) in [5.41, 5.74) is 0.00490. The van der Waals surface area contributed by atoms with E-state index in [9.17, 15) is 0 Å². The van der Waals surface area contributed by atoms with Gasteiger partial charge in [0.05, 0.1) is 12.2 Å². The Hall–Kier alpha value is 0.650. The summed E-state index contributed by atoms with van der Waals surface area (Å²) in [6, 6.07) is 0. The zero-order valence-electron chi connectivity index (χ0n) is 8.32. The Kier molecular flexibility index (Phi) is 7.48. The Balaban J connectivity index is 3.01. The standard InChI is InChI=1S/C9H20INO/c1-9(2,3)12-8-7-11-6-4-5-10/h11H,4-8H2,1-3H3. The lowest BCUT2D eigenvalue weighted by atomic mass is 10.2. The topological polar surface area (TPSA) is 21.3 Å². The Morgan fingerprint density at radius 2 is 1.92 bits per heavy atom. The van der Waals surface area contributed by atoms with E-state index in [0.717, 1.165) is 19.7 Å². The highest BCUT2D eigenvalue weighted by molar-refractivity contribution is 14.1. The van der Waals surface area contributed by atoms with Gasteiger partial charge in [0.1, 0.15) is 0 Å². The predicted octanol–water partition coefficient (Wildman–Crippen LogP) is 2.22. The lowest BCUT2D eigenvalue weighted by Gasteiger charge is -2.19. The summed E-state index contributed by atoms with van der Waals surface area (Å²) < 4.78 is 6.77. The van der Waals surface area contributed by atoms with Gasteiger partial charge in [-0.15, -0.1) is 0 Å². The van der Waals surface area contributed by atoms with Gasteiger partial charge < -0.3 is 10.1 Å². The number of nitrogens with one attached hydrogen (secondary N) is 1. The summed E-state index contributed by atoms with van der Waals surface area (Å²) >= 11 is 2.39. The first-order valence-corrected chi connectivity index (χ1v) is 5.99. The molecule has 3 heteroatoms. The average molecular weight is 285 g/mol. The molecule has 0 fully saturated rings. The number of ether oxygens (including phenoxy) is 1. The number of alkyl halides is 1. The number of halogens is 1. The van der Waals surface area contributed by atoms with Crippen molar-refractivity contribution in [3.05, 3.63) is 0 Å². The smallest absolute Gasteiger partial charge is 0.0599 e. The van der Waals surface area contributed by atoms with Crippen molar-refractivity contribution in [2.45, 2.75) is 32.8 Å². The monoisotopic (exact) mass is 285 g/mol. The highest BCUT2D eigenvalue weighted by atomic mass is 127. The van der Waals surface area contributed by atoms with Gasteiger partial charge in [-0.2, -0.15) is 0 Å². The van der Waals surface area contributed by atoms with Crippen LogP contribution in [0.15, 0.2) is 0 Å². The van der Waals surface area contributed by atoms with Crippen LogP contribution in [0.1, 0.15) is 27.2 Å². The molecule has 74 valence electrons. The molecule has 0 aliphatic heterocycles. The van der Waals surface area contributed by atoms with Gasteiger partial charge in [-0.1, -0.05) is 22.6 Å². The Morgan fingerprint density at radius 3 is 2.42 bits per heavy atom. The molecule has 0 aliphatic carbocycles. The van der Waals surface area contributed by atoms with E-state index in [0.29, 0.717) is 0 Å². The molecule has 12 heavy (non-hydrogen) atoms. The first-order valence-electron chi connectivity index (χ1n) is 4.47. The van der Waals surface area contributed by atoms with Crippen molar-refractivity contribution in [3.8, 4) is 0 Å². The van der Waals surface area contributed by atoms with E-state index in [4.69, 9.17) is 4.74 Å². The minimum absolute atomic E-state index is 0.00490. The summed E-state index contributed by atoms with van der Waals surface area (Å²) in [7, 11) is 0. The van der Waals surface area contributed by atoms with Crippen LogP contribution in [0.5, 0.6) is 0 Å². The SMILES string of the molecule is CC(C)(C)OCCNCCCI. The molecule has 2 nitrogen and oxygen atoms in total. The van der Waals surface area contributed by atoms with Crippen LogP contribution in [0, 0.1) is 0 Å². The van der Waals surface area contributed by atoms with Crippen molar-refractivity contribution in [2.24, 2.45) is 0 Å². The summed E-state index contributed by atoms with van der Waals surface area (Å²) in [5.74, 6) is 0. The summed E-state index contributed by atoms with van der Waals surface area (Å²) in [5, 5.41) is 3.33. The van der Waals surface area contributed by atoms with Crippen LogP contribution in [-0.4, -0.2) is 29.7 Å². The van der Waals surface area contributed by atoms with Crippen molar-refractivity contribution in [1.29, 1.82) is 0 Å². The Morgan fingerprint density at radius 1 is 1.25 bits per heavy atom. The summed E-state index contributed by atoms with van der Waals surface area (Å²) in [6.45, 7) is 9.13. The molecule has 0 aromatic carbocycles. The van der Waals surface area contributed by atoms with Crippen LogP contribution in [0.25, 0.3) is 0 Å². The van der Waals surface area contributed by atoms with Crippen molar-refractivity contribution < 1.29 is 4.74 Å². The minimum Gasteiger partial charge on any atom is -0.375 e. The molecule has 1 N–H and O–H groups in total. The fraction of sp³-hybridized carbons (Fsp3) is 1.00. The van der Waals surface area contributed by atoms with Crippen LogP contribution in [0.2, 0.25) is 0 Å². The third-order valence-corrected chi connectivity index (χ3v) is 2.06. The number of hydrogen-bond donors (Lipinski definition) is 1.